The number of likely N-dealkylation sites (tertiary alicyclic amines) is 1. The number of nitrogens with zero attached hydrogens (tertiary/aromatic N) is 3. The van der Waals surface area contributed by atoms with Crippen molar-refractivity contribution in [1.29, 1.82) is 0 Å². The largest absolute Gasteiger partial charge is 0.381 e. The van der Waals surface area contributed by atoms with Crippen LogP contribution in [0.25, 0.3) is 0 Å². The van der Waals surface area contributed by atoms with Gasteiger partial charge in [0.1, 0.15) is 0 Å². The monoisotopic (exact) mass is 350 g/mol. The lowest BCUT2D eigenvalue weighted by molar-refractivity contribution is 0.181. The number of thiophene rings is 1. The van der Waals surface area contributed by atoms with Gasteiger partial charge in [-0.2, -0.15) is 0 Å². The summed E-state index contributed by atoms with van der Waals surface area (Å²) >= 11 is 1.86. The maximum atomic E-state index is 5.49. The van der Waals surface area contributed by atoms with Gasteiger partial charge in [0.15, 0.2) is 5.96 Å². The maximum absolute atomic E-state index is 5.49. The fraction of sp³-hybridized carbons (Fsp3) is 0.722. The standard InChI is InChI=1S/C18H30N4OS/c1-19-18(21(2)13-15-7-10-23-14-15)20-12-16(17-6-5-11-24-17)22-8-3-4-9-22/h5-6,11,15-16H,3-4,7-10,12-14H2,1-2H3,(H,19,20). The van der Waals surface area contributed by atoms with Crippen LogP contribution in [0.4, 0.5) is 0 Å². The fourth-order valence-corrected chi connectivity index (χ4v) is 4.58. The molecule has 0 bridgehead atoms. The van der Waals surface area contributed by atoms with E-state index in [0.29, 0.717) is 12.0 Å². The van der Waals surface area contributed by atoms with E-state index >= 15 is 0 Å². The molecule has 1 N–H and O–H groups in total. The highest BCUT2D eigenvalue weighted by Gasteiger charge is 2.25. The highest BCUT2D eigenvalue weighted by molar-refractivity contribution is 7.10. The van der Waals surface area contributed by atoms with Crippen LogP contribution < -0.4 is 5.32 Å². The first-order chi connectivity index (χ1) is 11.8. The Morgan fingerprint density at radius 1 is 1.50 bits per heavy atom. The average Bonchev–Trinajstić information content (AvgIpc) is 3.34. The van der Waals surface area contributed by atoms with E-state index in [1.807, 2.05) is 18.4 Å². The van der Waals surface area contributed by atoms with E-state index in [1.54, 1.807) is 0 Å². The molecule has 2 aliphatic rings. The van der Waals surface area contributed by atoms with E-state index < -0.39 is 0 Å². The summed E-state index contributed by atoms with van der Waals surface area (Å²) < 4.78 is 5.49. The highest BCUT2D eigenvalue weighted by Crippen LogP contribution is 2.27. The van der Waals surface area contributed by atoms with Gasteiger partial charge in [0.05, 0.1) is 12.6 Å². The molecule has 2 atom stereocenters. The minimum atomic E-state index is 0.451. The molecule has 2 fully saturated rings. The van der Waals surface area contributed by atoms with Crippen molar-refractivity contribution in [3.63, 3.8) is 0 Å². The van der Waals surface area contributed by atoms with E-state index in [2.05, 4.69) is 44.7 Å². The van der Waals surface area contributed by atoms with Gasteiger partial charge >= 0.3 is 0 Å². The van der Waals surface area contributed by atoms with E-state index in [9.17, 15) is 0 Å². The second-order valence-corrected chi connectivity index (χ2v) is 7.79. The van der Waals surface area contributed by atoms with Gasteiger partial charge in [-0.05, 0) is 43.8 Å². The number of aliphatic imine (C=N–C) groups is 1. The average molecular weight is 351 g/mol. The molecule has 1 aromatic heterocycles. The molecule has 0 aromatic carbocycles. The SMILES string of the molecule is CN=C(NCC(c1cccs1)N1CCCC1)N(C)CC1CCOC1. The van der Waals surface area contributed by atoms with Gasteiger partial charge in [0.2, 0.25) is 0 Å². The van der Waals surface area contributed by atoms with Gasteiger partial charge in [0, 0.05) is 44.6 Å². The molecule has 5 nitrogen and oxygen atoms in total. The lowest BCUT2D eigenvalue weighted by Crippen LogP contribution is -2.44. The van der Waals surface area contributed by atoms with Crippen molar-refractivity contribution in [2.24, 2.45) is 10.9 Å². The van der Waals surface area contributed by atoms with Crippen molar-refractivity contribution in [2.75, 3.05) is 53.5 Å². The van der Waals surface area contributed by atoms with Crippen molar-refractivity contribution in [3.05, 3.63) is 22.4 Å². The Balaban J connectivity index is 1.57. The number of hydrogen-bond acceptors (Lipinski definition) is 4. The lowest BCUT2D eigenvalue weighted by atomic mass is 10.1. The predicted octanol–water partition coefficient (Wildman–Crippen LogP) is 2.43. The molecule has 134 valence electrons. The van der Waals surface area contributed by atoms with Crippen LogP contribution in [-0.2, 0) is 4.74 Å². The van der Waals surface area contributed by atoms with Crippen LogP contribution in [0.15, 0.2) is 22.5 Å². The Morgan fingerprint density at radius 3 is 2.96 bits per heavy atom. The molecule has 0 amide bonds. The van der Waals surface area contributed by atoms with Crippen LogP contribution in [0.2, 0.25) is 0 Å². The third-order valence-electron chi connectivity index (χ3n) is 5.04. The number of nitrogens with one attached hydrogen (secondary N) is 1. The van der Waals surface area contributed by atoms with Gasteiger partial charge in [-0.15, -0.1) is 11.3 Å². The highest BCUT2D eigenvalue weighted by atomic mass is 32.1. The third-order valence-corrected chi connectivity index (χ3v) is 6.01. The molecule has 3 rings (SSSR count). The third kappa shape index (κ3) is 4.49. The first-order valence-corrected chi connectivity index (χ1v) is 9.93. The zero-order valence-corrected chi connectivity index (χ0v) is 15.7. The maximum Gasteiger partial charge on any atom is 0.193 e. The Morgan fingerprint density at radius 2 is 2.33 bits per heavy atom. The summed E-state index contributed by atoms with van der Waals surface area (Å²) in [5, 5.41) is 5.79. The van der Waals surface area contributed by atoms with Crippen LogP contribution in [0, 0.1) is 5.92 Å². The summed E-state index contributed by atoms with van der Waals surface area (Å²) in [5.41, 5.74) is 0. The van der Waals surface area contributed by atoms with E-state index in [4.69, 9.17) is 4.74 Å². The van der Waals surface area contributed by atoms with Crippen molar-refractivity contribution in [3.8, 4) is 0 Å². The molecule has 2 aliphatic heterocycles. The molecule has 24 heavy (non-hydrogen) atoms. The van der Waals surface area contributed by atoms with Crippen molar-refractivity contribution < 1.29 is 4.74 Å². The zero-order chi connectivity index (χ0) is 16.8. The van der Waals surface area contributed by atoms with E-state index in [1.165, 1.54) is 30.8 Å². The lowest BCUT2D eigenvalue weighted by Gasteiger charge is -2.30. The Bertz CT molecular complexity index is 507. The normalized spacial score (nSPS) is 23.6. The molecule has 6 heteroatoms. The topological polar surface area (TPSA) is 40.1 Å². The molecule has 2 unspecified atom stereocenters. The smallest absolute Gasteiger partial charge is 0.193 e. The minimum absolute atomic E-state index is 0.451. The first kappa shape index (κ1) is 17.7. The van der Waals surface area contributed by atoms with Gasteiger partial charge in [-0.1, -0.05) is 6.07 Å². The number of rotatable bonds is 6. The van der Waals surface area contributed by atoms with Crippen LogP contribution >= 0.6 is 11.3 Å². The predicted molar refractivity (Wildman–Crippen MR) is 101 cm³/mol. The number of ether oxygens (including phenoxy) is 1. The van der Waals surface area contributed by atoms with E-state index in [0.717, 1.165) is 38.7 Å². The summed E-state index contributed by atoms with van der Waals surface area (Å²) in [4.78, 5) is 10.8. The quantitative estimate of drug-likeness (QED) is 0.632. The summed E-state index contributed by atoms with van der Waals surface area (Å²) in [6.45, 7) is 6.12. The number of hydrogen-bond donors (Lipinski definition) is 1. The van der Waals surface area contributed by atoms with Crippen LogP contribution in [0.1, 0.15) is 30.2 Å². The fourth-order valence-electron chi connectivity index (χ4n) is 3.72. The molecular formula is C18H30N4OS. The van der Waals surface area contributed by atoms with E-state index in [-0.39, 0.29) is 0 Å². The summed E-state index contributed by atoms with van der Waals surface area (Å²) in [6, 6.07) is 4.87. The number of guanidine groups is 1. The molecule has 0 saturated carbocycles. The molecular weight excluding hydrogens is 320 g/mol. The summed E-state index contributed by atoms with van der Waals surface area (Å²) in [7, 11) is 4.00. The van der Waals surface area contributed by atoms with Gasteiger partial charge < -0.3 is 15.0 Å². The summed E-state index contributed by atoms with van der Waals surface area (Å²) in [6.07, 6.45) is 3.79. The Kier molecular flexibility index (Phi) is 6.51. The van der Waals surface area contributed by atoms with Gasteiger partial charge in [-0.3, -0.25) is 9.89 Å². The molecule has 0 radical (unpaired) electrons. The molecule has 0 aliphatic carbocycles. The molecule has 1 aromatic rings. The molecule has 0 spiro atoms. The summed E-state index contributed by atoms with van der Waals surface area (Å²) in [5.74, 6) is 1.61. The van der Waals surface area contributed by atoms with Crippen LogP contribution in [-0.4, -0.2) is 69.2 Å². The van der Waals surface area contributed by atoms with Crippen molar-refractivity contribution >= 4 is 17.3 Å². The first-order valence-electron chi connectivity index (χ1n) is 9.05. The second kappa shape index (κ2) is 8.83. The zero-order valence-electron chi connectivity index (χ0n) is 14.9. The van der Waals surface area contributed by atoms with Gasteiger partial charge in [0.25, 0.3) is 0 Å². The van der Waals surface area contributed by atoms with Crippen LogP contribution in [0.3, 0.4) is 0 Å². The van der Waals surface area contributed by atoms with Crippen LogP contribution in [0.5, 0.6) is 0 Å². The molecule has 2 saturated heterocycles. The Labute approximate surface area is 149 Å². The Hall–Kier alpha value is -1.11. The van der Waals surface area contributed by atoms with Gasteiger partial charge in [-0.25, -0.2) is 0 Å². The van der Waals surface area contributed by atoms with Crippen molar-refractivity contribution in [2.45, 2.75) is 25.3 Å². The second-order valence-electron chi connectivity index (χ2n) is 6.81. The minimum Gasteiger partial charge on any atom is -0.381 e. The van der Waals surface area contributed by atoms with Crippen molar-refractivity contribution in [1.82, 2.24) is 15.1 Å². The molecule has 3 heterocycles.